The Bertz CT molecular complexity index is 639. The van der Waals surface area contributed by atoms with Gasteiger partial charge in [0.15, 0.2) is 6.61 Å². The zero-order chi connectivity index (χ0) is 15.9. The maximum Gasteiger partial charge on any atom is 0.262 e. The Morgan fingerprint density at radius 3 is 2.36 bits per heavy atom. The molecule has 0 saturated heterocycles. The van der Waals surface area contributed by atoms with Crippen LogP contribution in [0.2, 0.25) is 0 Å². The van der Waals surface area contributed by atoms with Crippen LogP contribution in [-0.2, 0) is 4.79 Å². The molecule has 2 aromatic rings. The van der Waals surface area contributed by atoms with Crippen LogP contribution in [0.1, 0.15) is 12.5 Å². The van der Waals surface area contributed by atoms with Gasteiger partial charge in [0.2, 0.25) is 0 Å². The second kappa shape index (κ2) is 7.36. The van der Waals surface area contributed by atoms with Crippen molar-refractivity contribution in [1.29, 1.82) is 0 Å². The third kappa shape index (κ3) is 4.15. The van der Waals surface area contributed by atoms with Crippen LogP contribution in [0, 0.1) is 6.92 Å². The zero-order valence-electron chi connectivity index (χ0n) is 12.8. The minimum Gasteiger partial charge on any atom is -0.494 e. The standard InChI is InChI=1S/C17H20N2O3/c1-3-21-13-7-9-14(10-8-13)22-11-17(20)19-16-6-4-5-15(18)12(16)2/h4-10H,3,11,18H2,1-2H3,(H,19,20). The number of hydrogen-bond acceptors (Lipinski definition) is 4. The van der Waals surface area contributed by atoms with Gasteiger partial charge in [0, 0.05) is 11.4 Å². The summed E-state index contributed by atoms with van der Waals surface area (Å²) in [6, 6.07) is 12.5. The molecule has 0 aliphatic carbocycles. The highest BCUT2D eigenvalue weighted by Gasteiger charge is 2.07. The van der Waals surface area contributed by atoms with Crippen LogP contribution in [0.5, 0.6) is 11.5 Å². The summed E-state index contributed by atoms with van der Waals surface area (Å²) in [5, 5.41) is 2.78. The lowest BCUT2D eigenvalue weighted by Gasteiger charge is -2.11. The summed E-state index contributed by atoms with van der Waals surface area (Å²) in [4.78, 5) is 11.9. The van der Waals surface area contributed by atoms with Crippen molar-refractivity contribution in [1.82, 2.24) is 0 Å². The molecule has 3 N–H and O–H groups in total. The summed E-state index contributed by atoms with van der Waals surface area (Å²) in [7, 11) is 0. The second-order valence-electron chi connectivity index (χ2n) is 4.76. The van der Waals surface area contributed by atoms with E-state index in [-0.39, 0.29) is 12.5 Å². The third-order valence-electron chi connectivity index (χ3n) is 3.15. The first-order valence-electron chi connectivity index (χ1n) is 7.10. The van der Waals surface area contributed by atoms with Crippen molar-refractivity contribution in [2.45, 2.75) is 13.8 Å². The van der Waals surface area contributed by atoms with Crippen molar-refractivity contribution in [2.24, 2.45) is 0 Å². The summed E-state index contributed by atoms with van der Waals surface area (Å²) in [5.74, 6) is 1.15. The molecule has 0 heterocycles. The molecule has 5 nitrogen and oxygen atoms in total. The molecule has 0 aromatic heterocycles. The zero-order valence-corrected chi connectivity index (χ0v) is 12.8. The monoisotopic (exact) mass is 300 g/mol. The SMILES string of the molecule is CCOc1ccc(OCC(=O)Nc2cccc(N)c2C)cc1. The first kappa shape index (κ1) is 15.7. The molecule has 5 heteroatoms. The second-order valence-corrected chi connectivity index (χ2v) is 4.76. The molecule has 0 fully saturated rings. The summed E-state index contributed by atoms with van der Waals surface area (Å²) < 4.78 is 10.8. The van der Waals surface area contributed by atoms with Crippen molar-refractivity contribution in [3.05, 3.63) is 48.0 Å². The molecule has 116 valence electrons. The Morgan fingerprint density at radius 2 is 1.73 bits per heavy atom. The van der Waals surface area contributed by atoms with Gasteiger partial charge in [-0.05, 0) is 55.8 Å². The van der Waals surface area contributed by atoms with Crippen molar-refractivity contribution in [3.63, 3.8) is 0 Å². The number of nitrogens with two attached hydrogens (primary N) is 1. The van der Waals surface area contributed by atoms with Crippen LogP contribution in [0.3, 0.4) is 0 Å². The number of nitrogen functional groups attached to an aromatic ring is 1. The van der Waals surface area contributed by atoms with Gasteiger partial charge in [-0.2, -0.15) is 0 Å². The van der Waals surface area contributed by atoms with Gasteiger partial charge in [-0.15, -0.1) is 0 Å². The Morgan fingerprint density at radius 1 is 1.09 bits per heavy atom. The summed E-state index contributed by atoms with van der Waals surface area (Å²) in [5.41, 5.74) is 7.99. The van der Waals surface area contributed by atoms with Gasteiger partial charge in [-0.3, -0.25) is 4.79 Å². The van der Waals surface area contributed by atoms with E-state index >= 15 is 0 Å². The lowest BCUT2D eigenvalue weighted by Crippen LogP contribution is -2.20. The minimum absolute atomic E-state index is 0.0672. The van der Waals surface area contributed by atoms with E-state index in [1.807, 2.05) is 13.8 Å². The van der Waals surface area contributed by atoms with E-state index in [9.17, 15) is 4.79 Å². The largest absolute Gasteiger partial charge is 0.494 e. The molecule has 2 rings (SSSR count). The number of nitrogens with one attached hydrogen (secondary N) is 1. The summed E-state index contributed by atoms with van der Waals surface area (Å²) >= 11 is 0. The normalized spacial score (nSPS) is 10.1. The smallest absolute Gasteiger partial charge is 0.262 e. The number of carbonyl (C=O) groups is 1. The van der Waals surface area contributed by atoms with E-state index in [0.29, 0.717) is 23.7 Å². The average Bonchev–Trinajstić information content (AvgIpc) is 2.51. The Kier molecular flexibility index (Phi) is 5.25. The molecule has 2 aromatic carbocycles. The lowest BCUT2D eigenvalue weighted by molar-refractivity contribution is -0.118. The van der Waals surface area contributed by atoms with E-state index in [4.69, 9.17) is 15.2 Å². The predicted octanol–water partition coefficient (Wildman–Crippen LogP) is 2.99. The van der Waals surface area contributed by atoms with E-state index in [0.717, 1.165) is 11.3 Å². The maximum absolute atomic E-state index is 11.9. The molecule has 0 spiro atoms. The van der Waals surface area contributed by atoms with Crippen LogP contribution >= 0.6 is 0 Å². The van der Waals surface area contributed by atoms with Crippen LogP contribution in [-0.4, -0.2) is 19.1 Å². The Hall–Kier alpha value is -2.69. The predicted molar refractivity (Wildman–Crippen MR) is 87.3 cm³/mol. The molecular weight excluding hydrogens is 280 g/mol. The molecule has 22 heavy (non-hydrogen) atoms. The number of ether oxygens (including phenoxy) is 2. The summed E-state index contributed by atoms with van der Waals surface area (Å²) in [6.45, 7) is 4.33. The summed E-state index contributed by atoms with van der Waals surface area (Å²) in [6.07, 6.45) is 0. The molecule has 0 aliphatic heterocycles. The molecule has 1 amide bonds. The molecule has 0 radical (unpaired) electrons. The first-order chi connectivity index (χ1) is 10.6. The number of carbonyl (C=O) groups excluding carboxylic acids is 1. The van der Waals surface area contributed by atoms with Crippen molar-refractivity contribution < 1.29 is 14.3 Å². The number of benzene rings is 2. The molecule has 0 aliphatic rings. The fourth-order valence-electron chi connectivity index (χ4n) is 1.92. The van der Waals surface area contributed by atoms with Gasteiger partial charge in [0.1, 0.15) is 11.5 Å². The number of amides is 1. The fourth-order valence-corrected chi connectivity index (χ4v) is 1.92. The van der Waals surface area contributed by atoms with Gasteiger partial charge in [0.25, 0.3) is 5.91 Å². The topological polar surface area (TPSA) is 73.6 Å². The van der Waals surface area contributed by atoms with Crippen LogP contribution in [0.25, 0.3) is 0 Å². The van der Waals surface area contributed by atoms with Crippen LogP contribution < -0.4 is 20.5 Å². The van der Waals surface area contributed by atoms with Crippen molar-refractivity contribution in [3.8, 4) is 11.5 Å². The molecule has 0 saturated carbocycles. The number of hydrogen-bond donors (Lipinski definition) is 2. The van der Waals surface area contributed by atoms with E-state index < -0.39 is 0 Å². The van der Waals surface area contributed by atoms with E-state index in [1.54, 1.807) is 42.5 Å². The van der Waals surface area contributed by atoms with Gasteiger partial charge < -0.3 is 20.5 Å². The van der Waals surface area contributed by atoms with Crippen LogP contribution in [0.4, 0.5) is 11.4 Å². The highest BCUT2D eigenvalue weighted by atomic mass is 16.5. The quantitative estimate of drug-likeness (QED) is 0.804. The highest BCUT2D eigenvalue weighted by molar-refractivity contribution is 5.93. The Balaban J connectivity index is 1.88. The van der Waals surface area contributed by atoms with Gasteiger partial charge in [0.05, 0.1) is 6.61 Å². The number of anilines is 2. The molecule has 0 atom stereocenters. The van der Waals surface area contributed by atoms with Crippen LogP contribution in [0.15, 0.2) is 42.5 Å². The first-order valence-corrected chi connectivity index (χ1v) is 7.10. The molecular formula is C17H20N2O3. The van der Waals surface area contributed by atoms with Crippen molar-refractivity contribution in [2.75, 3.05) is 24.3 Å². The fraction of sp³-hybridized carbons (Fsp3) is 0.235. The van der Waals surface area contributed by atoms with E-state index in [2.05, 4.69) is 5.32 Å². The molecule has 0 bridgehead atoms. The van der Waals surface area contributed by atoms with Gasteiger partial charge in [-0.25, -0.2) is 0 Å². The van der Waals surface area contributed by atoms with E-state index in [1.165, 1.54) is 0 Å². The van der Waals surface area contributed by atoms with Crippen molar-refractivity contribution >= 4 is 17.3 Å². The Labute approximate surface area is 130 Å². The third-order valence-corrected chi connectivity index (χ3v) is 3.15. The maximum atomic E-state index is 11.9. The number of rotatable bonds is 6. The minimum atomic E-state index is -0.234. The molecule has 0 unspecified atom stereocenters. The highest BCUT2D eigenvalue weighted by Crippen LogP contribution is 2.21. The van der Waals surface area contributed by atoms with Gasteiger partial charge in [-0.1, -0.05) is 6.07 Å². The lowest BCUT2D eigenvalue weighted by atomic mass is 10.1. The average molecular weight is 300 g/mol. The van der Waals surface area contributed by atoms with Gasteiger partial charge >= 0.3 is 0 Å².